The van der Waals surface area contributed by atoms with E-state index in [1.54, 1.807) is 37.3 Å². The number of nitrogens with one attached hydrogen (secondary N) is 1. The molecule has 4 rings (SSSR count). The highest BCUT2D eigenvalue weighted by Gasteiger charge is 2.64. The smallest absolute Gasteiger partial charge is 0.508 e. The molecule has 36 heavy (non-hydrogen) atoms. The van der Waals surface area contributed by atoms with Gasteiger partial charge in [-0.2, -0.15) is 0 Å². The zero-order valence-corrected chi connectivity index (χ0v) is 20.9. The van der Waals surface area contributed by atoms with E-state index in [1.165, 1.54) is 6.92 Å². The predicted octanol–water partition coefficient (Wildman–Crippen LogP) is 3.58. The molecule has 0 saturated carbocycles. The van der Waals surface area contributed by atoms with Gasteiger partial charge >= 0.3 is 6.16 Å². The third kappa shape index (κ3) is 4.57. The molecule has 2 aliphatic heterocycles. The van der Waals surface area contributed by atoms with Gasteiger partial charge in [-0.3, -0.25) is 9.59 Å². The van der Waals surface area contributed by atoms with Crippen LogP contribution in [0.4, 0.5) is 4.79 Å². The maximum absolute atomic E-state index is 13.7. The monoisotopic (exact) mass is 495 g/mol. The van der Waals surface area contributed by atoms with Crippen molar-refractivity contribution in [3.8, 4) is 5.75 Å². The fourth-order valence-corrected chi connectivity index (χ4v) is 5.70. The number of carbonyl (C=O) groups excluding carboxylic acids is 3. The minimum Gasteiger partial charge on any atom is -0.508 e. The average Bonchev–Trinajstić information content (AvgIpc) is 3.09. The number of aliphatic hydroxyl groups is 1. The SMILES string of the molecule is CC1=CC2C=CCC(C)C(=O)C(C)(O)C=COC(=O)OC23C(=O)NC(Cc2ccc(O)cc2)C3C1C. The van der Waals surface area contributed by atoms with E-state index < -0.39 is 46.8 Å². The van der Waals surface area contributed by atoms with Gasteiger partial charge in [-0.1, -0.05) is 49.8 Å². The quantitative estimate of drug-likeness (QED) is 0.423. The molecule has 1 spiro atoms. The average molecular weight is 496 g/mol. The van der Waals surface area contributed by atoms with Gasteiger partial charge in [0.15, 0.2) is 5.78 Å². The number of phenols is 1. The minimum absolute atomic E-state index is 0.0871. The van der Waals surface area contributed by atoms with E-state index >= 15 is 0 Å². The number of hydrogen-bond acceptors (Lipinski definition) is 7. The zero-order valence-electron chi connectivity index (χ0n) is 20.9. The molecule has 8 heteroatoms. The fraction of sp³-hybridized carbons (Fsp3) is 0.464. The number of rotatable bonds is 2. The molecule has 7 unspecified atom stereocenters. The summed E-state index contributed by atoms with van der Waals surface area (Å²) in [5.74, 6) is -2.24. The summed E-state index contributed by atoms with van der Waals surface area (Å²) >= 11 is 0. The maximum atomic E-state index is 13.7. The van der Waals surface area contributed by atoms with E-state index in [4.69, 9.17) is 9.47 Å². The Bertz CT molecular complexity index is 1130. The molecule has 0 aromatic heterocycles. The van der Waals surface area contributed by atoms with Gasteiger partial charge in [0, 0.05) is 23.8 Å². The summed E-state index contributed by atoms with van der Waals surface area (Å²) in [5, 5.41) is 23.2. The second-order valence-corrected chi connectivity index (χ2v) is 10.3. The molecule has 1 amide bonds. The van der Waals surface area contributed by atoms with Gasteiger partial charge in [0.2, 0.25) is 5.60 Å². The van der Waals surface area contributed by atoms with Gasteiger partial charge in [-0.05, 0) is 56.4 Å². The van der Waals surface area contributed by atoms with Crippen LogP contribution in [0.25, 0.3) is 0 Å². The molecule has 192 valence electrons. The van der Waals surface area contributed by atoms with Gasteiger partial charge in [0.05, 0.1) is 6.26 Å². The van der Waals surface area contributed by atoms with Crippen molar-refractivity contribution in [1.29, 1.82) is 0 Å². The van der Waals surface area contributed by atoms with Gasteiger partial charge in [-0.15, -0.1) is 0 Å². The third-order valence-electron chi connectivity index (χ3n) is 7.78. The van der Waals surface area contributed by atoms with E-state index in [2.05, 4.69) is 5.32 Å². The van der Waals surface area contributed by atoms with Crippen LogP contribution in [0, 0.1) is 23.7 Å². The molecule has 0 bridgehead atoms. The first kappa shape index (κ1) is 25.7. The van der Waals surface area contributed by atoms with Crippen LogP contribution in [0.15, 0.2) is 60.4 Å². The summed E-state index contributed by atoms with van der Waals surface area (Å²) < 4.78 is 11.0. The fourth-order valence-electron chi connectivity index (χ4n) is 5.70. The molecule has 7 atom stereocenters. The Morgan fingerprint density at radius 1 is 1.14 bits per heavy atom. The number of phenolic OH excluding ortho intramolecular Hbond substituents is 1. The van der Waals surface area contributed by atoms with Gasteiger partial charge in [0.1, 0.15) is 11.4 Å². The molecule has 1 aromatic carbocycles. The van der Waals surface area contributed by atoms with E-state index in [1.807, 2.05) is 26.0 Å². The van der Waals surface area contributed by atoms with Crippen molar-refractivity contribution in [2.75, 3.05) is 0 Å². The Morgan fingerprint density at radius 3 is 2.53 bits per heavy atom. The first-order chi connectivity index (χ1) is 17.0. The normalized spacial score (nSPS) is 36.8. The summed E-state index contributed by atoms with van der Waals surface area (Å²) in [6.45, 7) is 7.06. The van der Waals surface area contributed by atoms with Gasteiger partial charge in [0.25, 0.3) is 5.91 Å². The Hall–Kier alpha value is -3.39. The topological polar surface area (TPSA) is 122 Å². The summed E-state index contributed by atoms with van der Waals surface area (Å²) in [7, 11) is 0. The van der Waals surface area contributed by atoms with Crippen molar-refractivity contribution in [2.45, 2.75) is 57.8 Å². The summed E-state index contributed by atoms with van der Waals surface area (Å²) in [5.41, 5.74) is -1.39. The van der Waals surface area contributed by atoms with Crippen molar-refractivity contribution >= 4 is 17.8 Å². The molecule has 3 aliphatic rings. The van der Waals surface area contributed by atoms with E-state index in [9.17, 15) is 24.6 Å². The van der Waals surface area contributed by atoms with Crippen LogP contribution in [0.5, 0.6) is 5.75 Å². The third-order valence-corrected chi connectivity index (χ3v) is 7.78. The number of cyclic esters (lactones) is 1. The van der Waals surface area contributed by atoms with Crippen molar-refractivity contribution in [3.63, 3.8) is 0 Å². The number of carbonyl (C=O) groups is 3. The molecule has 1 saturated heterocycles. The van der Waals surface area contributed by atoms with E-state index in [0.29, 0.717) is 12.8 Å². The van der Waals surface area contributed by atoms with Crippen LogP contribution in [-0.4, -0.2) is 45.3 Å². The van der Waals surface area contributed by atoms with Crippen LogP contribution in [0.2, 0.25) is 0 Å². The van der Waals surface area contributed by atoms with Crippen LogP contribution >= 0.6 is 0 Å². The highest BCUT2D eigenvalue weighted by Crippen LogP contribution is 2.50. The number of ether oxygens (including phenoxy) is 2. The lowest BCUT2D eigenvalue weighted by molar-refractivity contribution is -0.147. The van der Waals surface area contributed by atoms with Crippen molar-refractivity contribution in [3.05, 3.63) is 66.0 Å². The number of ketones is 1. The number of allylic oxidation sites excluding steroid dienone is 2. The first-order valence-electron chi connectivity index (χ1n) is 12.2. The predicted molar refractivity (Wildman–Crippen MR) is 132 cm³/mol. The Labute approximate surface area is 210 Å². The summed E-state index contributed by atoms with van der Waals surface area (Å²) in [4.78, 5) is 39.2. The second kappa shape index (κ2) is 9.58. The van der Waals surface area contributed by atoms with Crippen LogP contribution in [0.1, 0.15) is 39.7 Å². The lowest BCUT2D eigenvalue weighted by atomic mass is 9.63. The first-order valence-corrected chi connectivity index (χ1v) is 12.2. The molecule has 1 aromatic rings. The molecule has 0 radical (unpaired) electrons. The summed E-state index contributed by atoms with van der Waals surface area (Å²) in [6, 6.07) is 6.46. The molecule has 2 heterocycles. The zero-order chi connectivity index (χ0) is 26.3. The van der Waals surface area contributed by atoms with Crippen molar-refractivity contribution in [1.82, 2.24) is 5.32 Å². The molecule has 8 nitrogen and oxygen atoms in total. The van der Waals surface area contributed by atoms with Crippen LogP contribution in [-0.2, 0) is 25.5 Å². The Kier molecular flexibility index (Phi) is 6.84. The lowest BCUT2D eigenvalue weighted by Crippen LogP contribution is -2.56. The molecule has 3 N–H and O–H groups in total. The maximum Gasteiger partial charge on any atom is 0.514 e. The number of hydrogen-bond donors (Lipinski definition) is 3. The van der Waals surface area contributed by atoms with Crippen molar-refractivity contribution in [2.24, 2.45) is 23.7 Å². The lowest BCUT2D eigenvalue weighted by Gasteiger charge is -2.44. The number of aromatic hydroxyl groups is 1. The highest BCUT2D eigenvalue weighted by molar-refractivity contribution is 5.92. The highest BCUT2D eigenvalue weighted by atomic mass is 16.7. The van der Waals surface area contributed by atoms with Crippen LogP contribution < -0.4 is 5.32 Å². The molecule has 1 aliphatic carbocycles. The molecular formula is C28H33NO7. The number of benzene rings is 1. The number of Topliss-reactive ketones (excluding diaryl/α,β-unsaturated/α-hetero) is 1. The van der Waals surface area contributed by atoms with E-state index in [-0.39, 0.29) is 17.7 Å². The largest absolute Gasteiger partial charge is 0.514 e. The number of amides is 1. The van der Waals surface area contributed by atoms with Gasteiger partial charge < -0.3 is 25.0 Å². The summed E-state index contributed by atoms with van der Waals surface area (Å²) in [6.07, 6.45) is 7.33. The van der Waals surface area contributed by atoms with Crippen molar-refractivity contribution < 1.29 is 34.1 Å². The molecular weight excluding hydrogens is 462 g/mol. The minimum atomic E-state index is -1.82. The Balaban J connectivity index is 1.76. The Morgan fingerprint density at radius 2 is 1.83 bits per heavy atom. The van der Waals surface area contributed by atoms with E-state index in [0.717, 1.165) is 23.5 Å². The standard InChI is InChI=1S/C28H33NO7/c1-16-6-5-7-20-14-17(2)18(3)23-22(15-19-8-10-21(30)11-9-19)29-25(32)28(20,23)36-26(33)35-13-12-27(4,34)24(16)31/h5,7-14,16,18,20,22-23,30,34H,6,15H2,1-4H3,(H,29,32). The van der Waals surface area contributed by atoms with Gasteiger partial charge in [-0.25, -0.2) is 4.79 Å². The molecule has 1 fully saturated rings. The van der Waals surface area contributed by atoms with Crippen LogP contribution in [0.3, 0.4) is 0 Å². The second-order valence-electron chi connectivity index (χ2n) is 10.3.